The van der Waals surface area contributed by atoms with E-state index in [0.717, 1.165) is 11.3 Å². The lowest BCUT2D eigenvalue weighted by Gasteiger charge is -2.07. The van der Waals surface area contributed by atoms with Gasteiger partial charge in [-0.2, -0.15) is 0 Å². The molecule has 2 aromatic carbocycles. The van der Waals surface area contributed by atoms with E-state index in [0.29, 0.717) is 23.7 Å². The van der Waals surface area contributed by atoms with Crippen LogP contribution in [-0.2, 0) is 25.7 Å². The van der Waals surface area contributed by atoms with Gasteiger partial charge in [-0.05, 0) is 60.2 Å². The molecular weight excluding hydrogens is 422 g/mol. The van der Waals surface area contributed by atoms with Crippen molar-refractivity contribution < 1.29 is 23.9 Å². The summed E-state index contributed by atoms with van der Waals surface area (Å²) in [5, 5.41) is 5.24. The molecule has 0 unspecified atom stereocenters. The molecule has 0 aliphatic carbocycles. The molecule has 2 amide bonds. The largest absolute Gasteiger partial charge is 0.487 e. The smallest absolute Gasteiger partial charge is 0.331 e. The minimum absolute atomic E-state index is 0.184. The molecule has 0 spiro atoms. The monoisotopic (exact) mass is 445 g/mol. The number of amides is 2. The van der Waals surface area contributed by atoms with Crippen LogP contribution in [0.1, 0.15) is 18.2 Å². The first kappa shape index (κ1) is 23.2. The molecule has 0 aliphatic rings. The van der Waals surface area contributed by atoms with Crippen LogP contribution in [0, 0.1) is 0 Å². The van der Waals surface area contributed by atoms with Crippen LogP contribution in [0.2, 0.25) is 0 Å². The Morgan fingerprint density at radius 3 is 2.24 bits per heavy atom. The Balaban J connectivity index is 1.40. The second kappa shape index (κ2) is 11.8. The molecule has 168 valence electrons. The first-order valence-electron chi connectivity index (χ1n) is 10.1. The van der Waals surface area contributed by atoms with Crippen molar-refractivity contribution in [2.75, 3.05) is 17.2 Å². The van der Waals surface area contributed by atoms with E-state index in [9.17, 15) is 14.4 Å². The van der Waals surface area contributed by atoms with Gasteiger partial charge in [0.2, 0.25) is 5.91 Å². The molecule has 1 aromatic heterocycles. The van der Waals surface area contributed by atoms with E-state index in [2.05, 4.69) is 15.6 Å². The standard InChI is InChI=1S/C25H23N3O5/c1-18(29)27-20-8-10-21(11-9-20)28-24(30)17-33-25(31)14-7-19-5-12-23(13-6-19)32-16-22-4-2-3-15-26-22/h2-15H,16-17H2,1H3,(H,27,29)(H,28,30)/b14-7+. The minimum atomic E-state index is -0.637. The van der Waals surface area contributed by atoms with Gasteiger partial charge in [-0.3, -0.25) is 14.6 Å². The van der Waals surface area contributed by atoms with E-state index < -0.39 is 18.5 Å². The van der Waals surface area contributed by atoms with E-state index in [1.807, 2.05) is 18.2 Å². The molecule has 3 aromatic rings. The third-order valence-corrected chi connectivity index (χ3v) is 4.24. The molecule has 1 heterocycles. The quantitative estimate of drug-likeness (QED) is 0.383. The molecule has 3 rings (SSSR count). The molecule has 0 aliphatic heterocycles. The summed E-state index contributed by atoms with van der Waals surface area (Å²) in [5.74, 6) is -0.612. The maximum Gasteiger partial charge on any atom is 0.331 e. The molecule has 0 fully saturated rings. The van der Waals surface area contributed by atoms with Gasteiger partial charge in [0, 0.05) is 30.6 Å². The second-order valence-corrected chi connectivity index (χ2v) is 6.93. The van der Waals surface area contributed by atoms with Gasteiger partial charge < -0.3 is 20.1 Å². The lowest BCUT2D eigenvalue weighted by atomic mass is 10.2. The van der Waals surface area contributed by atoms with Gasteiger partial charge in [0.05, 0.1) is 5.69 Å². The van der Waals surface area contributed by atoms with E-state index in [4.69, 9.17) is 9.47 Å². The summed E-state index contributed by atoms with van der Waals surface area (Å²) in [6, 6.07) is 19.4. The number of benzene rings is 2. The van der Waals surface area contributed by atoms with Crippen molar-refractivity contribution in [1.29, 1.82) is 0 Å². The Morgan fingerprint density at radius 2 is 1.61 bits per heavy atom. The lowest BCUT2D eigenvalue weighted by molar-refractivity contribution is -0.142. The van der Waals surface area contributed by atoms with Crippen LogP contribution in [0.4, 0.5) is 11.4 Å². The number of esters is 1. The zero-order valence-corrected chi connectivity index (χ0v) is 18.0. The van der Waals surface area contributed by atoms with Crippen molar-refractivity contribution >= 4 is 35.2 Å². The number of pyridine rings is 1. The van der Waals surface area contributed by atoms with Gasteiger partial charge in [-0.1, -0.05) is 18.2 Å². The number of ether oxygens (including phenoxy) is 2. The Morgan fingerprint density at radius 1 is 0.909 bits per heavy atom. The number of carbonyl (C=O) groups excluding carboxylic acids is 3. The fraction of sp³-hybridized carbons (Fsp3) is 0.120. The van der Waals surface area contributed by atoms with Crippen LogP contribution in [0.5, 0.6) is 5.75 Å². The molecule has 0 bridgehead atoms. The Kier molecular flexibility index (Phi) is 8.30. The summed E-state index contributed by atoms with van der Waals surface area (Å²) < 4.78 is 10.6. The third-order valence-electron chi connectivity index (χ3n) is 4.24. The summed E-state index contributed by atoms with van der Waals surface area (Å²) >= 11 is 0. The van der Waals surface area contributed by atoms with Gasteiger partial charge in [0.25, 0.3) is 5.91 Å². The first-order chi connectivity index (χ1) is 16.0. The number of hydrogen-bond donors (Lipinski definition) is 2. The van der Waals surface area contributed by atoms with Crippen LogP contribution in [0.15, 0.2) is 79.0 Å². The van der Waals surface area contributed by atoms with Crippen molar-refractivity contribution in [3.8, 4) is 5.75 Å². The van der Waals surface area contributed by atoms with Crippen molar-refractivity contribution in [2.24, 2.45) is 0 Å². The molecular formula is C25H23N3O5. The highest BCUT2D eigenvalue weighted by Crippen LogP contribution is 2.15. The maximum absolute atomic E-state index is 12.0. The summed E-state index contributed by atoms with van der Waals surface area (Å²) in [4.78, 5) is 39.1. The molecule has 8 nitrogen and oxygen atoms in total. The summed E-state index contributed by atoms with van der Waals surface area (Å²) in [5.41, 5.74) is 2.74. The van der Waals surface area contributed by atoms with Crippen LogP contribution in [0.3, 0.4) is 0 Å². The predicted octanol–water partition coefficient (Wildman–Crippen LogP) is 3.81. The summed E-state index contributed by atoms with van der Waals surface area (Å²) in [6.07, 6.45) is 4.55. The number of rotatable bonds is 9. The average molecular weight is 445 g/mol. The van der Waals surface area contributed by atoms with E-state index in [1.54, 1.807) is 60.8 Å². The molecule has 8 heteroatoms. The zero-order valence-electron chi connectivity index (χ0n) is 18.0. The number of nitrogens with one attached hydrogen (secondary N) is 2. The Bertz CT molecular complexity index is 1110. The highest BCUT2D eigenvalue weighted by Gasteiger charge is 2.06. The molecule has 0 radical (unpaired) electrons. The highest BCUT2D eigenvalue weighted by atomic mass is 16.5. The first-order valence-corrected chi connectivity index (χ1v) is 10.1. The molecule has 0 saturated carbocycles. The molecule has 0 saturated heterocycles. The lowest BCUT2D eigenvalue weighted by Crippen LogP contribution is -2.20. The van der Waals surface area contributed by atoms with Crippen molar-refractivity contribution in [1.82, 2.24) is 4.98 Å². The summed E-state index contributed by atoms with van der Waals surface area (Å²) in [7, 11) is 0. The maximum atomic E-state index is 12.0. The number of carbonyl (C=O) groups is 3. The number of nitrogens with zero attached hydrogens (tertiary/aromatic N) is 1. The SMILES string of the molecule is CC(=O)Nc1ccc(NC(=O)COC(=O)/C=C/c2ccc(OCc3ccccn3)cc2)cc1. The average Bonchev–Trinajstić information content (AvgIpc) is 2.82. The van der Waals surface area contributed by atoms with Crippen LogP contribution >= 0.6 is 0 Å². The van der Waals surface area contributed by atoms with Crippen molar-refractivity contribution in [3.05, 3.63) is 90.3 Å². The van der Waals surface area contributed by atoms with Crippen LogP contribution in [-0.4, -0.2) is 29.4 Å². The van der Waals surface area contributed by atoms with E-state index in [1.165, 1.54) is 13.0 Å². The fourth-order valence-electron chi connectivity index (χ4n) is 2.70. The molecule has 0 atom stereocenters. The van der Waals surface area contributed by atoms with Gasteiger partial charge in [0.1, 0.15) is 12.4 Å². The van der Waals surface area contributed by atoms with Crippen molar-refractivity contribution in [2.45, 2.75) is 13.5 Å². The number of hydrogen-bond acceptors (Lipinski definition) is 6. The summed E-state index contributed by atoms with van der Waals surface area (Å²) in [6.45, 7) is 1.36. The van der Waals surface area contributed by atoms with Gasteiger partial charge >= 0.3 is 5.97 Å². The number of aromatic nitrogens is 1. The zero-order chi connectivity index (χ0) is 23.5. The molecule has 2 N–H and O–H groups in total. The number of anilines is 2. The second-order valence-electron chi connectivity index (χ2n) is 6.93. The van der Waals surface area contributed by atoms with Crippen LogP contribution < -0.4 is 15.4 Å². The minimum Gasteiger partial charge on any atom is -0.487 e. The fourth-order valence-corrected chi connectivity index (χ4v) is 2.70. The Labute approximate surface area is 191 Å². The van der Waals surface area contributed by atoms with E-state index in [-0.39, 0.29) is 5.91 Å². The van der Waals surface area contributed by atoms with Crippen molar-refractivity contribution in [3.63, 3.8) is 0 Å². The predicted molar refractivity (Wildman–Crippen MR) is 124 cm³/mol. The third kappa shape index (κ3) is 8.29. The molecule has 33 heavy (non-hydrogen) atoms. The van der Waals surface area contributed by atoms with E-state index >= 15 is 0 Å². The Hall–Kier alpha value is -4.46. The van der Waals surface area contributed by atoms with Gasteiger partial charge in [0.15, 0.2) is 6.61 Å². The van der Waals surface area contributed by atoms with Crippen LogP contribution in [0.25, 0.3) is 6.08 Å². The topological polar surface area (TPSA) is 107 Å². The van der Waals surface area contributed by atoms with Gasteiger partial charge in [-0.15, -0.1) is 0 Å². The normalized spacial score (nSPS) is 10.5. The van der Waals surface area contributed by atoms with Gasteiger partial charge in [-0.25, -0.2) is 4.79 Å². The highest BCUT2D eigenvalue weighted by molar-refractivity contribution is 5.95.